The minimum atomic E-state index is -0.521. The van der Waals surface area contributed by atoms with Crippen molar-refractivity contribution in [1.82, 2.24) is 15.1 Å². The lowest BCUT2D eigenvalue weighted by Crippen LogP contribution is -2.24. The second kappa shape index (κ2) is 11.4. The molecule has 0 atom stereocenters. The van der Waals surface area contributed by atoms with Crippen LogP contribution in [0.25, 0.3) is 5.69 Å². The SMILES string of the molecule is O=C(NCc1cccc(F)c1)c1ccc(Nc2c(Oc3ccccc3)cnn(-c3ccc(F)cc3)c2=O)cc1. The molecule has 0 unspecified atom stereocenters. The third-order valence-electron chi connectivity index (χ3n) is 5.74. The van der Waals surface area contributed by atoms with E-state index in [2.05, 4.69) is 15.7 Å². The number of nitrogens with zero attached hydrogens (tertiary/aromatic N) is 2. The number of para-hydroxylation sites is 1. The van der Waals surface area contributed by atoms with Gasteiger partial charge in [0.1, 0.15) is 17.4 Å². The zero-order chi connectivity index (χ0) is 27.2. The highest BCUT2D eigenvalue weighted by Gasteiger charge is 2.16. The van der Waals surface area contributed by atoms with E-state index in [1.54, 1.807) is 60.7 Å². The van der Waals surface area contributed by atoms with E-state index in [0.717, 1.165) is 4.68 Å². The monoisotopic (exact) mass is 524 g/mol. The van der Waals surface area contributed by atoms with Gasteiger partial charge in [0, 0.05) is 17.8 Å². The first-order valence-corrected chi connectivity index (χ1v) is 12.0. The number of amides is 1. The van der Waals surface area contributed by atoms with Crippen molar-refractivity contribution in [2.75, 3.05) is 5.32 Å². The van der Waals surface area contributed by atoms with Crippen molar-refractivity contribution >= 4 is 17.3 Å². The summed E-state index contributed by atoms with van der Waals surface area (Å²) in [6, 6.07) is 26.8. The first-order chi connectivity index (χ1) is 19.0. The van der Waals surface area contributed by atoms with E-state index in [9.17, 15) is 18.4 Å². The quantitative estimate of drug-likeness (QED) is 0.261. The Balaban J connectivity index is 1.39. The van der Waals surface area contributed by atoms with Crippen LogP contribution in [0.1, 0.15) is 15.9 Å². The molecule has 1 heterocycles. The van der Waals surface area contributed by atoms with Crippen molar-refractivity contribution in [3.8, 4) is 17.2 Å². The van der Waals surface area contributed by atoms with Gasteiger partial charge in [0.25, 0.3) is 11.5 Å². The highest BCUT2D eigenvalue weighted by Crippen LogP contribution is 2.29. The van der Waals surface area contributed by atoms with E-state index >= 15 is 0 Å². The molecule has 39 heavy (non-hydrogen) atoms. The number of benzene rings is 4. The summed E-state index contributed by atoms with van der Waals surface area (Å²) in [5.41, 5.74) is 1.50. The number of hydrogen-bond acceptors (Lipinski definition) is 5. The summed E-state index contributed by atoms with van der Waals surface area (Å²) >= 11 is 0. The standard InChI is InChI=1S/C30H22F2N4O3/c31-22-11-15-25(16-12-22)36-30(38)28(27(19-34-36)39-26-7-2-1-3-8-26)35-24-13-9-21(10-14-24)29(37)33-18-20-5-4-6-23(32)17-20/h1-17,19,35H,18H2,(H,33,37). The molecule has 1 aromatic heterocycles. The van der Waals surface area contributed by atoms with Crippen LogP contribution >= 0.6 is 0 Å². The number of halogens is 2. The molecule has 0 spiro atoms. The molecular formula is C30H22F2N4O3. The summed E-state index contributed by atoms with van der Waals surface area (Å²) < 4.78 is 33.9. The average Bonchev–Trinajstić information content (AvgIpc) is 2.95. The third kappa shape index (κ3) is 6.16. The fraction of sp³-hybridized carbons (Fsp3) is 0.0333. The molecule has 0 fully saturated rings. The highest BCUT2D eigenvalue weighted by atomic mass is 19.1. The maximum Gasteiger partial charge on any atom is 0.299 e. The molecule has 0 aliphatic rings. The van der Waals surface area contributed by atoms with Crippen molar-refractivity contribution in [2.45, 2.75) is 6.54 Å². The Labute approximate surface area is 222 Å². The second-order valence-corrected chi connectivity index (χ2v) is 8.51. The van der Waals surface area contributed by atoms with Crippen LogP contribution in [0.15, 0.2) is 114 Å². The van der Waals surface area contributed by atoms with Crippen LogP contribution in [0.3, 0.4) is 0 Å². The van der Waals surface area contributed by atoms with Crippen LogP contribution in [0.2, 0.25) is 0 Å². The molecule has 5 aromatic rings. The number of aromatic nitrogens is 2. The van der Waals surface area contributed by atoms with Gasteiger partial charge in [0.15, 0.2) is 11.4 Å². The van der Waals surface area contributed by atoms with Gasteiger partial charge >= 0.3 is 0 Å². The Morgan fingerprint density at radius 1 is 0.846 bits per heavy atom. The van der Waals surface area contributed by atoms with Crippen LogP contribution in [-0.2, 0) is 6.54 Å². The summed E-state index contributed by atoms with van der Waals surface area (Å²) in [6.45, 7) is 0.177. The fourth-order valence-corrected chi connectivity index (χ4v) is 3.79. The Hall–Kier alpha value is -5.31. The van der Waals surface area contributed by atoms with Gasteiger partial charge in [-0.1, -0.05) is 30.3 Å². The van der Waals surface area contributed by atoms with Gasteiger partial charge in [0.2, 0.25) is 0 Å². The normalized spacial score (nSPS) is 10.6. The number of carbonyl (C=O) groups excluding carboxylic acids is 1. The zero-order valence-corrected chi connectivity index (χ0v) is 20.5. The summed E-state index contributed by atoms with van der Waals surface area (Å²) in [5, 5.41) is 10.0. The van der Waals surface area contributed by atoms with Crippen LogP contribution < -0.4 is 20.9 Å². The van der Waals surface area contributed by atoms with Crippen LogP contribution in [0, 0.1) is 11.6 Å². The Bertz CT molecular complexity index is 1660. The molecule has 0 aliphatic heterocycles. The van der Waals surface area contributed by atoms with E-state index < -0.39 is 11.4 Å². The lowest BCUT2D eigenvalue weighted by atomic mass is 10.1. The van der Waals surface area contributed by atoms with Gasteiger partial charge in [-0.2, -0.15) is 9.78 Å². The Kier molecular flexibility index (Phi) is 7.40. The van der Waals surface area contributed by atoms with E-state index in [1.807, 2.05) is 6.07 Å². The fourth-order valence-electron chi connectivity index (χ4n) is 3.79. The first-order valence-electron chi connectivity index (χ1n) is 12.0. The lowest BCUT2D eigenvalue weighted by molar-refractivity contribution is 0.0951. The number of ether oxygens (including phenoxy) is 1. The van der Waals surface area contributed by atoms with Gasteiger partial charge in [0.05, 0.1) is 11.9 Å². The Morgan fingerprint density at radius 3 is 2.31 bits per heavy atom. The van der Waals surface area contributed by atoms with E-state index in [-0.39, 0.29) is 29.7 Å². The molecule has 0 radical (unpaired) electrons. The predicted molar refractivity (Wildman–Crippen MR) is 144 cm³/mol. The van der Waals surface area contributed by atoms with Gasteiger partial charge in [-0.25, -0.2) is 8.78 Å². The Morgan fingerprint density at radius 2 is 1.59 bits per heavy atom. The smallest absolute Gasteiger partial charge is 0.299 e. The van der Waals surface area contributed by atoms with Crippen LogP contribution in [0.4, 0.5) is 20.2 Å². The van der Waals surface area contributed by atoms with Crippen molar-refractivity contribution in [2.24, 2.45) is 0 Å². The van der Waals surface area contributed by atoms with Crippen molar-refractivity contribution in [3.63, 3.8) is 0 Å². The molecular weight excluding hydrogens is 502 g/mol. The third-order valence-corrected chi connectivity index (χ3v) is 5.74. The van der Waals surface area contributed by atoms with Crippen molar-refractivity contribution < 1.29 is 18.3 Å². The molecule has 5 rings (SSSR count). The molecule has 194 valence electrons. The molecule has 4 aromatic carbocycles. The van der Waals surface area contributed by atoms with Crippen LogP contribution in [-0.4, -0.2) is 15.7 Å². The molecule has 0 bridgehead atoms. The summed E-state index contributed by atoms with van der Waals surface area (Å²) in [5.74, 6) is -0.453. The summed E-state index contributed by atoms with van der Waals surface area (Å²) in [7, 11) is 0. The van der Waals surface area contributed by atoms with Gasteiger partial charge in [-0.05, 0) is 78.4 Å². The minimum Gasteiger partial charge on any atom is -0.453 e. The number of nitrogens with one attached hydrogen (secondary N) is 2. The maximum absolute atomic E-state index is 13.5. The maximum atomic E-state index is 13.5. The molecule has 2 N–H and O–H groups in total. The van der Waals surface area contributed by atoms with E-state index in [1.165, 1.54) is 42.6 Å². The van der Waals surface area contributed by atoms with E-state index in [0.29, 0.717) is 28.3 Å². The largest absolute Gasteiger partial charge is 0.453 e. The topological polar surface area (TPSA) is 85.2 Å². The van der Waals surface area contributed by atoms with Gasteiger partial charge < -0.3 is 15.4 Å². The van der Waals surface area contributed by atoms with Gasteiger partial charge in [-0.3, -0.25) is 9.59 Å². The van der Waals surface area contributed by atoms with Gasteiger partial charge in [-0.15, -0.1) is 0 Å². The summed E-state index contributed by atoms with van der Waals surface area (Å²) in [6.07, 6.45) is 1.40. The lowest BCUT2D eigenvalue weighted by Gasteiger charge is -2.15. The first kappa shape index (κ1) is 25.3. The van der Waals surface area contributed by atoms with Crippen molar-refractivity contribution in [1.29, 1.82) is 0 Å². The number of carbonyl (C=O) groups is 1. The second-order valence-electron chi connectivity index (χ2n) is 8.51. The molecule has 0 saturated heterocycles. The zero-order valence-electron chi connectivity index (χ0n) is 20.5. The molecule has 0 saturated carbocycles. The average molecular weight is 525 g/mol. The van der Waals surface area contributed by atoms with Crippen LogP contribution in [0.5, 0.6) is 11.5 Å². The number of hydrogen-bond donors (Lipinski definition) is 2. The predicted octanol–water partition coefficient (Wildman–Crippen LogP) is 5.98. The van der Waals surface area contributed by atoms with E-state index in [4.69, 9.17) is 4.74 Å². The number of anilines is 2. The minimum absolute atomic E-state index is 0.0986. The molecule has 9 heteroatoms. The molecule has 1 amide bonds. The summed E-state index contributed by atoms with van der Waals surface area (Å²) in [4.78, 5) is 26.0. The van der Waals surface area contributed by atoms with Crippen molar-refractivity contribution in [3.05, 3.63) is 142 Å². The number of rotatable bonds is 8. The highest BCUT2D eigenvalue weighted by molar-refractivity contribution is 5.94. The molecule has 0 aliphatic carbocycles. The molecule has 7 nitrogen and oxygen atoms in total.